The number of carbonyl (C=O) groups excluding carboxylic acids is 1. The molecule has 0 saturated heterocycles. The Bertz CT molecular complexity index is 882. The highest BCUT2D eigenvalue weighted by Gasteiger charge is 2.11. The average Bonchev–Trinajstić information content (AvgIpc) is 3.04. The number of benzene rings is 1. The Morgan fingerprint density at radius 1 is 1.16 bits per heavy atom. The van der Waals surface area contributed by atoms with Gasteiger partial charge >= 0.3 is 5.97 Å². The first-order valence-corrected chi connectivity index (χ1v) is 8.32. The molecule has 3 rings (SSSR count). The van der Waals surface area contributed by atoms with Gasteiger partial charge in [0.15, 0.2) is 0 Å². The Balaban J connectivity index is 1.94. The summed E-state index contributed by atoms with van der Waals surface area (Å²) in [6, 6.07) is 11.7. The second-order valence-electron chi connectivity index (χ2n) is 5.71. The Labute approximate surface area is 147 Å². The molecule has 2 aromatic heterocycles. The summed E-state index contributed by atoms with van der Waals surface area (Å²) in [5.74, 6) is 0.260. The summed E-state index contributed by atoms with van der Waals surface area (Å²) in [4.78, 5) is 16.2. The van der Waals surface area contributed by atoms with E-state index in [0.29, 0.717) is 23.7 Å². The molecule has 0 fully saturated rings. The maximum absolute atomic E-state index is 11.9. The number of anilines is 1. The van der Waals surface area contributed by atoms with Crippen LogP contribution in [0.3, 0.4) is 0 Å². The molecule has 0 aliphatic carbocycles. The number of esters is 1. The van der Waals surface area contributed by atoms with Gasteiger partial charge in [-0.25, -0.2) is 9.78 Å². The number of rotatable bonds is 5. The van der Waals surface area contributed by atoms with E-state index in [2.05, 4.69) is 36.2 Å². The fourth-order valence-corrected chi connectivity index (χ4v) is 2.66. The summed E-state index contributed by atoms with van der Waals surface area (Å²) in [6.07, 6.45) is 6.32. The topological polar surface area (TPSA) is 70.1 Å². The van der Waals surface area contributed by atoms with Crippen molar-refractivity contribution in [1.82, 2.24) is 9.55 Å². The number of carbonyl (C=O) groups is 1. The molecule has 5 nitrogen and oxygen atoms in total. The molecule has 0 aliphatic rings. The Morgan fingerprint density at radius 3 is 2.60 bits per heavy atom. The van der Waals surface area contributed by atoms with E-state index in [1.807, 2.05) is 10.8 Å². The third-order valence-electron chi connectivity index (χ3n) is 4.05. The predicted octanol–water partition coefficient (Wildman–Crippen LogP) is 3.86. The van der Waals surface area contributed by atoms with E-state index in [9.17, 15) is 4.79 Å². The fraction of sp³-hybridized carbons (Fsp3) is 0.200. The van der Waals surface area contributed by atoms with Crippen LogP contribution in [0.5, 0.6) is 0 Å². The molecular weight excluding hydrogens is 314 g/mol. The first-order chi connectivity index (χ1) is 12.1. The summed E-state index contributed by atoms with van der Waals surface area (Å²) >= 11 is 0. The van der Waals surface area contributed by atoms with Crippen molar-refractivity contribution in [3.8, 4) is 16.9 Å². The molecule has 25 heavy (non-hydrogen) atoms. The summed E-state index contributed by atoms with van der Waals surface area (Å²) in [5.41, 5.74) is 10.6. The minimum atomic E-state index is -0.360. The lowest BCUT2D eigenvalue weighted by atomic mass is 10.0. The van der Waals surface area contributed by atoms with Crippen LogP contribution in [0.4, 0.5) is 5.69 Å². The Kier molecular flexibility index (Phi) is 4.84. The minimum Gasteiger partial charge on any atom is -0.462 e. The van der Waals surface area contributed by atoms with Crippen molar-refractivity contribution in [2.45, 2.75) is 20.3 Å². The summed E-state index contributed by atoms with van der Waals surface area (Å²) in [6.45, 7) is 4.25. The molecule has 0 amide bonds. The van der Waals surface area contributed by atoms with Gasteiger partial charge in [0, 0.05) is 24.2 Å². The number of nitrogens with zero attached hydrogens (tertiary/aromatic N) is 2. The van der Waals surface area contributed by atoms with E-state index in [0.717, 1.165) is 17.5 Å². The third kappa shape index (κ3) is 3.55. The van der Waals surface area contributed by atoms with Gasteiger partial charge in [0.2, 0.25) is 0 Å². The van der Waals surface area contributed by atoms with E-state index in [1.54, 1.807) is 31.5 Å². The summed E-state index contributed by atoms with van der Waals surface area (Å²) in [7, 11) is 0. The fourth-order valence-electron chi connectivity index (χ4n) is 2.66. The van der Waals surface area contributed by atoms with Crippen LogP contribution in [0.15, 0.2) is 55.0 Å². The molecule has 5 heteroatoms. The molecule has 0 spiro atoms. The quantitative estimate of drug-likeness (QED) is 0.719. The standard InChI is InChI=1S/C20H21N3O2/c1-3-14-5-7-15(8-6-14)17-12-23(13-18(17)21)19-11-16(9-10-22-19)20(24)25-4-2/h5-13H,3-4,21H2,1-2H3. The molecular formula is C20H21N3O2. The lowest BCUT2D eigenvalue weighted by molar-refractivity contribution is 0.0526. The maximum Gasteiger partial charge on any atom is 0.338 e. The number of pyridine rings is 1. The molecule has 0 atom stereocenters. The van der Waals surface area contributed by atoms with Gasteiger partial charge in [-0.1, -0.05) is 31.2 Å². The van der Waals surface area contributed by atoms with Crippen molar-refractivity contribution in [3.63, 3.8) is 0 Å². The molecule has 0 unspecified atom stereocenters. The first-order valence-electron chi connectivity index (χ1n) is 8.32. The van der Waals surface area contributed by atoms with Crippen LogP contribution in [-0.4, -0.2) is 22.1 Å². The van der Waals surface area contributed by atoms with Gasteiger partial charge in [-0.2, -0.15) is 0 Å². The van der Waals surface area contributed by atoms with Gasteiger partial charge in [0.25, 0.3) is 0 Å². The molecule has 2 N–H and O–H groups in total. The van der Waals surface area contributed by atoms with Crippen LogP contribution in [0.25, 0.3) is 16.9 Å². The smallest absolute Gasteiger partial charge is 0.338 e. The van der Waals surface area contributed by atoms with Crippen molar-refractivity contribution in [3.05, 3.63) is 66.1 Å². The van der Waals surface area contributed by atoms with Gasteiger partial charge in [-0.05, 0) is 36.6 Å². The van der Waals surface area contributed by atoms with Crippen LogP contribution >= 0.6 is 0 Å². The SMILES string of the molecule is CCOC(=O)c1ccnc(-n2cc(N)c(-c3ccc(CC)cc3)c2)c1. The Hall–Kier alpha value is -3.08. The van der Waals surface area contributed by atoms with Crippen molar-refractivity contribution >= 4 is 11.7 Å². The zero-order valence-corrected chi connectivity index (χ0v) is 14.4. The number of ether oxygens (including phenoxy) is 1. The second-order valence-corrected chi connectivity index (χ2v) is 5.71. The van der Waals surface area contributed by atoms with E-state index >= 15 is 0 Å². The monoisotopic (exact) mass is 335 g/mol. The molecule has 0 bridgehead atoms. The van der Waals surface area contributed by atoms with Gasteiger partial charge < -0.3 is 15.0 Å². The van der Waals surface area contributed by atoms with E-state index < -0.39 is 0 Å². The first kappa shape index (κ1) is 16.8. The lowest BCUT2D eigenvalue weighted by Crippen LogP contribution is -2.06. The molecule has 1 aromatic carbocycles. The highest BCUT2D eigenvalue weighted by atomic mass is 16.5. The molecule has 3 aromatic rings. The van der Waals surface area contributed by atoms with Gasteiger partial charge in [0.1, 0.15) is 5.82 Å². The largest absolute Gasteiger partial charge is 0.462 e. The predicted molar refractivity (Wildman–Crippen MR) is 98.7 cm³/mol. The van der Waals surface area contributed by atoms with Crippen LogP contribution in [-0.2, 0) is 11.2 Å². The molecule has 128 valence electrons. The van der Waals surface area contributed by atoms with E-state index in [-0.39, 0.29) is 5.97 Å². The molecule has 0 saturated carbocycles. The third-order valence-corrected chi connectivity index (χ3v) is 4.05. The number of aryl methyl sites for hydroxylation is 1. The van der Waals surface area contributed by atoms with Crippen molar-refractivity contribution in [2.75, 3.05) is 12.3 Å². The molecule has 0 aliphatic heterocycles. The number of nitrogen functional groups attached to an aromatic ring is 1. The molecule has 2 heterocycles. The number of aromatic nitrogens is 2. The van der Waals surface area contributed by atoms with Gasteiger partial charge in [0.05, 0.1) is 17.9 Å². The number of nitrogens with two attached hydrogens (primary N) is 1. The van der Waals surface area contributed by atoms with E-state index in [1.165, 1.54) is 5.56 Å². The van der Waals surface area contributed by atoms with Crippen LogP contribution in [0, 0.1) is 0 Å². The zero-order chi connectivity index (χ0) is 17.8. The summed E-state index contributed by atoms with van der Waals surface area (Å²) < 4.78 is 6.86. The second kappa shape index (κ2) is 7.21. The minimum absolute atomic E-state index is 0.338. The van der Waals surface area contributed by atoms with Crippen LogP contribution in [0.1, 0.15) is 29.8 Å². The van der Waals surface area contributed by atoms with Gasteiger partial charge in [-0.3, -0.25) is 0 Å². The summed E-state index contributed by atoms with van der Waals surface area (Å²) in [5, 5.41) is 0. The Morgan fingerprint density at radius 2 is 1.92 bits per heavy atom. The van der Waals surface area contributed by atoms with Crippen molar-refractivity contribution in [2.24, 2.45) is 0 Å². The van der Waals surface area contributed by atoms with Crippen LogP contribution < -0.4 is 5.73 Å². The number of hydrogen-bond donors (Lipinski definition) is 1. The number of hydrogen-bond acceptors (Lipinski definition) is 4. The van der Waals surface area contributed by atoms with Crippen molar-refractivity contribution in [1.29, 1.82) is 0 Å². The van der Waals surface area contributed by atoms with E-state index in [4.69, 9.17) is 10.5 Å². The lowest BCUT2D eigenvalue weighted by Gasteiger charge is -2.05. The highest BCUT2D eigenvalue weighted by Crippen LogP contribution is 2.28. The normalized spacial score (nSPS) is 10.6. The zero-order valence-electron chi connectivity index (χ0n) is 14.4. The van der Waals surface area contributed by atoms with Crippen molar-refractivity contribution < 1.29 is 9.53 Å². The van der Waals surface area contributed by atoms with Gasteiger partial charge in [-0.15, -0.1) is 0 Å². The average molecular weight is 335 g/mol. The maximum atomic E-state index is 11.9. The highest BCUT2D eigenvalue weighted by molar-refractivity contribution is 5.89. The molecule has 0 radical (unpaired) electrons. The van der Waals surface area contributed by atoms with Crippen LogP contribution in [0.2, 0.25) is 0 Å².